The molecule has 0 bridgehead atoms. The molecule has 0 saturated carbocycles. The van der Waals surface area contributed by atoms with Gasteiger partial charge in [-0.05, 0) is 61.4 Å². The molecule has 2 amide bonds. The molecule has 1 unspecified atom stereocenters. The summed E-state index contributed by atoms with van der Waals surface area (Å²) in [5.74, 6) is 0.276. The van der Waals surface area contributed by atoms with Gasteiger partial charge in [-0.1, -0.05) is 0 Å². The molecular weight excluding hydrogens is 330 g/mol. The Morgan fingerprint density at radius 2 is 1.96 bits per heavy atom. The van der Waals surface area contributed by atoms with Crippen LogP contribution >= 0.6 is 0 Å². The maximum absolute atomic E-state index is 12.4. The zero-order valence-corrected chi connectivity index (χ0v) is 14.7. The van der Waals surface area contributed by atoms with Gasteiger partial charge in [-0.2, -0.15) is 5.26 Å². The van der Waals surface area contributed by atoms with Gasteiger partial charge in [0.15, 0.2) is 6.10 Å². The van der Waals surface area contributed by atoms with E-state index in [-0.39, 0.29) is 11.8 Å². The second-order valence-corrected chi connectivity index (χ2v) is 6.15. The van der Waals surface area contributed by atoms with Crippen molar-refractivity contribution in [3.63, 3.8) is 0 Å². The van der Waals surface area contributed by atoms with Crippen LogP contribution in [-0.4, -0.2) is 24.5 Å². The molecule has 1 atom stereocenters. The zero-order valence-electron chi connectivity index (χ0n) is 14.7. The van der Waals surface area contributed by atoms with Gasteiger partial charge >= 0.3 is 0 Å². The van der Waals surface area contributed by atoms with E-state index in [1.54, 1.807) is 49.1 Å². The monoisotopic (exact) mass is 349 g/mol. The number of carbonyl (C=O) groups is 2. The Labute approximate surface area is 152 Å². The van der Waals surface area contributed by atoms with Crippen molar-refractivity contribution < 1.29 is 14.3 Å². The average molecular weight is 349 g/mol. The molecule has 132 valence electrons. The van der Waals surface area contributed by atoms with Crippen LogP contribution in [0.4, 0.5) is 11.4 Å². The van der Waals surface area contributed by atoms with Crippen molar-refractivity contribution in [1.82, 2.24) is 0 Å². The van der Waals surface area contributed by atoms with Crippen LogP contribution in [0.5, 0.6) is 5.75 Å². The smallest absolute Gasteiger partial charge is 0.265 e. The Bertz CT molecular complexity index is 884. The zero-order chi connectivity index (χ0) is 18.7. The van der Waals surface area contributed by atoms with Crippen LogP contribution in [0.15, 0.2) is 42.5 Å². The molecule has 0 aliphatic carbocycles. The number of carbonyl (C=O) groups excluding carboxylic acids is 2. The first-order valence-electron chi connectivity index (χ1n) is 8.36. The Kier molecular flexibility index (Phi) is 4.90. The number of benzene rings is 2. The standard InChI is InChI=1S/C20H19N3O3/c1-13(26-18-6-3-15(12-21)4-7-18)20(25)22-17-5-8-19-16(11-17)9-10-23(19)14(2)24/h3-8,11,13H,9-10H2,1-2H3,(H,22,25). The van der Waals surface area contributed by atoms with E-state index in [4.69, 9.17) is 10.00 Å². The molecule has 6 heteroatoms. The topological polar surface area (TPSA) is 82.4 Å². The maximum Gasteiger partial charge on any atom is 0.265 e. The molecule has 1 aliphatic heterocycles. The highest BCUT2D eigenvalue weighted by Gasteiger charge is 2.23. The molecule has 0 spiro atoms. The first-order valence-corrected chi connectivity index (χ1v) is 8.36. The molecule has 1 N–H and O–H groups in total. The fourth-order valence-electron chi connectivity index (χ4n) is 2.92. The van der Waals surface area contributed by atoms with E-state index in [0.717, 1.165) is 17.7 Å². The summed E-state index contributed by atoms with van der Waals surface area (Å²) >= 11 is 0. The molecule has 1 aliphatic rings. The lowest BCUT2D eigenvalue weighted by Crippen LogP contribution is -2.30. The number of amides is 2. The predicted molar refractivity (Wildman–Crippen MR) is 98.0 cm³/mol. The summed E-state index contributed by atoms with van der Waals surface area (Å²) in [6.07, 6.45) is 0.0838. The van der Waals surface area contributed by atoms with E-state index in [1.165, 1.54) is 0 Å². The summed E-state index contributed by atoms with van der Waals surface area (Å²) in [5, 5.41) is 11.6. The third kappa shape index (κ3) is 3.67. The number of nitrogens with one attached hydrogen (secondary N) is 1. The number of anilines is 2. The van der Waals surface area contributed by atoms with E-state index >= 15 is 0 Å². The van der Waals surface area contributed by atoms with Crippen LogP contribution in [0.25, 0.3) is 0 Å². The van der Waals surface area contributed by atoms with Crippen molar-refractivity contribution in [2.75, 3.05) is 16.8 Å². The minimum absolute atomic E-state index is 0.0185. The van der Waals surface area contributed by atoms with E-state index in [9.17, 15) is 9.59 Å². The maximum atomic E-state index is 12.4. The molecule has 0 radical (unpaired) electrons. The SMILES string of the molecule is CC(=O)N1CCc2cc(NC(=O)C(C)Oc3ccc(C#N)cc3)ccc21. The summed E-state index contributed by atoms with van der Waals surface area (Å²) in [6, 6.07) is 14.2. The van der Waals surface area contributed by atoms with Crippen LogP contribution in [-0.2, 0) is 16.0 Å². The van der Waals surface area contributed by atoms with Crippen molar-refractivity contribution >= 4 is 23.2 Å². The molecule has 2 aromatic rings. The molecule has 1 heterocycles. The Morgan fingerprint density at radius 3 is 2.62 bits per heavy atom. The highest BCUT2D eigenvalue weighted by Crippen LogP contribution is 2.30. The number of rotatable bonds is 4. The Morgan fingerprint density at radius 1 is 1.23 bits per heavy atom. The van der Waals surface area contributed by atoms with Gasteiger partial charge < -0.3 is 15.0 Å². The molecular formula is C20H19N3O3. The molecule has 3 rings (SSSR count). The van der Waals surface area contributed by atoms with Gasteiger partial charge in [-0.25, -0.2) is 0 Å². The summed E-state index contributed by atoms with van der Waals surface area (Å²) in [4.78, 5) is 25.7. The second kappa shape index (κ2) is 7.28. The average Bonchev–Trinajstić information content (AvgIpc) is 3.05. The lowest BCUT2D eigenvalue weighted by atomic mass is 10.1. The van der Waals surface area contributed by atoms with Crippen molar-refractivity contribution in [2.24, 2.45) is 0 Å². The van der Waals surface area contributed by atoms with Crippen molar-refractivity contribution in [2.45, 2.75) is 26.4 Å². The van der Waals surface area contributed by atoms with Gasteiger partial charge in [0.1, 0.15) is 5.75 Å². The summed E-state index contributed by atoms with van der Waals surface area (Å²) < 4.78 is 5.61. The molecule has 0 fully saturated rings. The van der Waals surface area contributed by atoms with E-state index in [1.807, 2.05) is 18.2 Å². The quantitative estimate of drug-likeness (QED) is 0.920. The predicted octanol–water partition coefficient (Wildman–Crippen LogP) is 2.87. The number of hydrogen-bond donors (Lipinski definition) is 1. The van der Waals surface area contributed by atoms with E-state index in [2.05, 4.69) is 5.32 Å². The highest BCUT2D eigenvalue weighted by molar-refractivity contribution is 5.96. The van der Waals surface area contributed by atoms with Crippen LogP contribution in [0.2, 0.25) is 0 Å². The van der Waals surface area contributed by atoms with Gasteiger partial charge in [-0.15, -0.1) is 0 Å². The molecule has 0 aromatic heterocycles. The molecule has 6 nitrogen and oxygen atoms in total. The van der Waals surface area contributed by atoms with Crippen LogP contribution in [0, 0.1) is 11.3 Å². The van der Waals surface area contributed by atoms with E-state index in [0.29, 0.717) is 23.5 Å². The fourth-order valence-corrected chi connectivity index (χ4v) is 2.92. The first kappa shape index (κ1) is 17.5. The van der Waals surface area contributed by atoms with Gasteiger partial charge in [0.2, 0.25) is 5.91 Å². The Hall–Kier alpha value is -3.33. The number of nitriles is 1. The van der Waals surface area contributed by atoms with Gasteiger partial charge in [0, 0.05) is 24.8 Å². The van der Waals surface area contributed by atoms with Gasteiger partial charge in [0.25, 0.3) is 5.91 Å². The van der Waals surface area contributed by atoms with E-state index < -0.39 is 6.10 Å². The van der Waals surface area contributed by atoms with Crippen molar-refractivity contribution in [3.05, 3.63) is 53.6 Å². The number of nitrogens with zero attached hydrogens (tertiary/aromatic N) is 2. The third-order valence-corrected chi connectivity index (χ3v) is 4.29. The number of fused-ring (bicyclic) bond motifs is 1. The molecule has 2 aromatic carbocycles. The lowest BCUT2D eigenvalue weighted by molar-refractivity contribution is -0.122. The summed E-state index contributed by atoms with van der Waals surface area (Å²) in [6.45, 7) is 3.88. The Balaban J connectivity index is 1.64. The first-order chi connectivity index (χ1) is 12.5. The minimum Gasteiger partial charge on any atom is -0.481 e. The molecule has 0 saturated heterocycles. The number of hydrogen-bond acceptors (Lipinski definition) is 4. The van der Waals surface area contributed by atoms with Gasteiger partial charge in [-0.3, -0.25) is 9.59 Å². The third-order valence-electron chi connectivity index (χ3n) is 4.29. The highest BCUT2D eigenvalue weighted by atomic mass is 16.5. The van der Waals surface area contributed by atoms with Crippen LogP contribution in [0.3, 0.4) is 0 Å². The summed E-state index contributed by atoms with van der Waals surface area (Å²) in [7, 11) is 0. The normalized spacial score (nSPS) is 13.5. The fraction of sp³-hybridized carbons (Fsp3) is 0.250. The van der Waals surface area contributed by atoms with Crippen molar-refractivity contribution in [1.29, 1.82) is 5.26 Å². The van der Waals surface area contributed by atoms with Gasteiger partial charge in [0.05, 0.1) is 11.6 Å². The number of ether oxygens (including phenoxy) is 1. The largest absolute Gasteiger partial charge is 0.481 e. The summed E-state index contributed by atoms with van der Waals surface area (Å²) in [5.41, 5.74) is 3.15. The second-order valence-electron chi connectivity index (χ2n) is 6.15. The van der Waals surface area contributed by atoms with Crippen LogP contribution < -0.4 is 15.0 Å². The lowest BCUT2D eigenvalue weighted by Gasteiger charge is -2.17. The minimum atomic E-state index is -0.690. The molecule has 26 heavy (non-hydrogen) atoms. The van der Waals surface area contributed by atoms with Crippen LogP contribution in [0.1, 0.15) is 25.0 Å². The van der Waals surface area contributed by atoms with Crippen molar-refractivity contribution in [3.8, 4) is 11.8 Å².